The summed E-state index contributed by atoms with van der Waals surface area (Å²) in [5, 5.41) is 0. The molecule has 0 N–H and O–H groups in total. The van der Waals surface area contributed by atoms with E-state index in [9.17, 15) is 9.46 Å². The van der Waals surface area contributed by atoms with Crippen molar-refractivity contribution in [1.29, 1.82) is 0 Å². The molecule has 40 valence electrons. The highest BCUT2D eigenvalue weighted by atomic mass is 31.1. The molecule has 3 heteroatoms. The molecule has 0 spiro atoms. The molecule has 0 heterocycles. The summed E-state index contributed by atoms with van der Waals surface area (Å²) in [6.45, 7) is 1.88. The Morgan fingerprint density at radius 3 is 2.57 bits per heavy atom. The van der Waals surface area contributed by atoms with Crippen molar-refractivity contribution < 1.29 is 9.46 Å². The van der Waals surface area contributed by atoms with E-state index in [0.717, 1.165) is 6.42 Å². The Morgan fingerprint density at radius 1 is 1.86 bits per heavy atom. The van der Waals surface area contributed by atoms with Gasteiger partial charge in [-0.3, -0.25) is 0 Å². The monoisotopic (exact) mass is 118 g/mol. The van der Waals surface area contributed by atoms with Gasteiger partial charge < -0.3 is 4.89 Å². The minimum absolute atomic E-state index is 0.781. The van der Waals surface area contributed by atoms with Crippen LogP contribution >= 0.6 is 8.03 Å². The van der Waals surface area contributed by atoms with Crippen LogP contribution < -0.4 is 4.89 Å². The lowest BCUT2D eigenvalue weighted by atomic mass is 10.5. The highest BCUT2D eigenvalue weighted by Gasteiger charge is 1.83. The van der Waals surface area contributed by atoms with Crippen LogP contribution in [0.15, 0.2) is 11.9 Å². The van der Waals surface area contributed by atoms with Crippen LogP contribution in [0.5, 0.6) is 0 Å². The lowest BCUT2D eigenvalue weighted by Crippen LogP contribution is -1.78. The fourth-order valence-corrected chi connectivity index (χ4v) is 0.574. The third-order valence-electron chi connectivity index (χ3n) is 0.463. The van der Waals surface area contributed by atoms with Crippen LogP contribution in [0, 0.1) is 0 Å². The van der Waals surface area contributed by atoms with Crippen LogP contribution in [0.1, 0.15) is 13.3 Å². The highest BCUT2D eigenvalue weighted by Crippen LogP contribution is 2.07. The molecule has 0 radical (unpaired) electrons. The summed E-state index contributed by atoms with van der Waals surface area (Å²) >= 11 is 0. The van der Waals surface area contributed by atoms with Gasteiger partial charge >= 0.3 is 8.03 Å². The van der Waals surface area contributed by atoms with E-state index < -0.39 is 8.03 Å². The van der Waals surface area contributed by atoms with Crippen molar-refractivity contribution in [3.63, 3.8) is 0 Å². The Hall–Kier alpha value is -0.200. The van der Waals surface area contributed by atoms with Crippen LogP contribution in [0.4, 0.5) is 0 Å². The van der Waals surface area contributed by atoms with Crippen molar-refractivity contribution in [2.75, 3.05) is 0 Å². The van der Waals surface area contributed by atoms with Crippen molar-refractivity contribution >= 4 is 8.03 Å². The van der Waals surface area contributed by atoms with Crippen LogP contribution in [0.25, 0.3) is 0 Å². The topological polar surface area (TPSA) is 40.1 Å². The van der Waals surface area contributed by atoms with Gasteiger partial charge in [0.05, 0.1) is 0 Å². The second-order valence-electron chi connectivity index (χ2n) is 1.08. The first-order chi connectivity index (χ1) is 3.27. The summed E-state index contributed by atoms with van der Waals surface area (Å²) in [5.74, 6) is 1.18. The fraction of sp³-hybridized carbons (Fsp3) is 0.500. The van der Waals surface area contributed by atoms with Gasteiger partial charge in [0.2, 0.25) is 0 Å². The maximum absolute atomic E-state index is 9.71. The van der Waals surface area contributed by atoms with Gasteiger partial charge in [0.15, 0.2) is 0 Å². The molecular weight excluding hydrogens is 111 g/mol. The lowest BCUT2D eigenvalue weighted by molar-refractivity contribution is -0.161. The van der Waals surface area contributed by atoms with E-state index in [1.54, 1.807) is 6.08 Å². The van der Waals surface area contributed by atoms with E-state index in [0.29, 0.717) is 0 Å². The third-order valence-corrected chi connectivity index (χ3v) is 0.917. The summed E-state index contributed by atoms with van der Waals surface area (Å²) in [4.78, 5) is 9.71. The average molecular weight is 118 g/mol. The summed E-state index contributed by atoms with van der Waals surface area (Å²) in [7, 11) is -2.29. The van der Waals surface area contributed by atoms with Gasteiger partial charge in [0.25, 0.3) is 0 Å². The smallest absolute Gasteiger partial charge is 0.340 e. The molecule has 1 atom stereocenters. The Bertz CT molecular complexity index is 87.7. The number of hydrogen-bond donors (Lipinski definition) is 0. The zero-order valence-electron chi connectivity index (χ0n) is 4.13. The van der Waals surface area contributed by atoms with Crippen molar-refractivity contribution in [2.24, 2.45) is 0 Å². The molecule has 0 rings (SSSR count). The van der Waals surface area contributed by atoms with Crippen LogP contribution in [0.3, 0.4) is 0 Å². The highest BCUT2D eigenvalue weighted by molar-refractivity contribution is 7.40. The number of hydrogen-bond acceptors (Lipinski definition) is 2. The van der Waals surface area contributed by atoms with Crippen LogP contribution in [0.2, 0.25) is 0 Å². The molecule has 0 aliphatic rings. The number of allylic oxidation sites excluding steroid dienone is 1. The second-order valence-corrected chi connectivity index (χ2v) is 1.95. The van der Waals surface area contributed by atoms with Gasteiger partial charge in [-0.05, 0) is 12.5 Å². The summed E-state index contributed by atoms with van der Waals surface area (Å²) in [6, 6.07) is 0. The van der Waals surface area contributed by atoms with Gasteiger partial charge in [0.1, 0.15) is 5.82 Å². The van der Waals surface area contributed by atoms with E-state index in [2.05, 4.69) is 0 Å². The van der Waals surface area contributed by atoms with Gasteiger partial charge in [0, 0.05) is 0 Å². The van der Waals surface area contributed by atoms with Crippen molar-refractivity contribution in [3.05, 3.63) is 11.9 Å². The molecule has 0 aliphatic heterocycles. The summed E-state index contributed by atoms with van der Waals surface area (Å²) < 4.78 is 9.71. The molecule has 1 unspecified atom stereocenters. The SMILES string of the molecule is CCC=C[P+](=O)[O-]. The van der Waals surface area contributed by atoms with Crippen molar-refractivity contribution in [3.8, 4) is 0 Å². The first kappa shape index (κ1) is 6.80. The average Bonchev–Trinajstić information content (AvgIpc) is 1.61. The Balaban J connectivity index is 3.26. The standard InChI is InChI=1S/C4H7O2P/c1-2-3-4-7(5)6/h3-4H,2H2,1H3. The normalized spacial score (nSPS) is 12.6. The largest absolute Gasteiger partial charge is 0.591 e. The molecule has 2 nitrogen and oxygen atoms in total. The summed E-state index contributed by atoms with van der Waals surface area (Å²) in [6.07, 6.45) is 2.38. The Labute approximate surface area is 43.7 Å². The minimum Gasteiger partial charge on any atom is -0.591 e. The Kier molecular flexibility index (Phi) is 3.86. The van der Waals surface area contributed by atoms with E-state index in [-0.39, 0.29) is 0 Å². The van der Waals surface area contributed by atoms with Gasteiger partial charge in [-0.25, -0.2) is 0 Å². The maximum Gasteiger partial charge on any atom is 0.340 e. The van der Waals surface area contributed by atoms with Gasteiger partial charge in [-0.15, -0.1) is 0 Å². The van der Waals surface area contributed by atoms with E-state index >= 15 is 0 Å². The second kappa shape index (κ2) is 3.97. The van der Waals surface area contributed by atoms with Crippen molar-refractivity contribution in [1.82, 2.24) is 0 Å². The minimum atomic E-state index is -2.29. The van der Waals surface area contributed by atoms with Crippen LogP contribution in [-0.4, -0.2) is 0 Å². The first-order valence-corrected chi connectivity index (χ1v) is 3.32. The zero-order chi connectivity index (χ0) is 5.70. The molecule has 0 aromatic carbocycles. The maximum atomic E-state index is 9.71. The predicted octanol–water partition coefficient (Wildman–Crippen LogP) is 1.01. The molecule has 0 bridgehead atoms. The fourth-order valence-electron chi connectivity index (χ4n) is 0.191. The molecule has 0 fully saturated rings. The molecular formula is C4H7O2P. The molecule has 0 aromatic heterocycles. The zero-order valence-corrected chi connectivity index (χ0v) is 5.02. The van der Waals surface area contributed by atoms with E-state index in [1.807, 2.05) is 6.92 Å². The third kappa shape index (κ3) is 5.80. The molecule has 0 aromatic rings. The van der Waals surface area contributed by atoms with E-state index in [1.165, 1.54) is 5.82 Å². The molecule has 0 saturated heterocycles. The van der Waals surface area contributed by atoms with Gasteiger partial charge in [-0.2, -0.15) is 0 Å². The van der Waals surface area contributed by atoms with Gasteiger partial charge in [-0.1, -0.05) is 11.5 Å². The molecule has 7 heavy (non-hydrogen) atoms. The Morgan fingerprint density at radius 2 is 2.43 bits per heavy atom. The van der Waals surface area contributed by atoms with Crippen LogP contribution in [-0.2, 0) is 4.57 Å². The molecule has 0 aliphatic carbocycles. The van der Waals surface area contributed by atoms with Crippen molar-refractivity contribution in [2.45, 2.75) is 13.3 Å². The van der Waals surface area contributed by atoms with E-state index in [4.69, 9.17) is 0 Å². The molecule has 0 amide bonds. The lowest BCUT2D eigenvalue weighted by Gasteiger charge is -1.71. The number of rotatable bonds is 2. The quantitative estimate of drug-likeness (QED) is 0.507. The summed E-state index contributed by atoms with van der Waals surface area (Å²) in [5.41, 5.74) is 0. The predicted molar refractivity (Wildman–Crippen MR) is 27.0 cm³/mol. The first-order valence-electron chi connectivity index (χ1n) is 2.07. The molecule has 0 saturated carbocycles.